The number of rotatable bonds is 3. The van der Waals surface area contributed by atoms with Gasteiger partial charge in [-0.25, -0.2) is 0 Å². The van der Waals surface area contributed by atoms with E-state index in [2.05, 4.69) is 5.10 Å². The van der Waals surface area contributed by atoms with Crippen LogP contribution in [0.25, 0.3) is 0 Å². The largest absolute Gasteiger partial charge is 0.487 e. The fraction of sp³-hybridized carbons (Fsp3) is 0.182. The van der Waals surface area contributed by atoms with Crippen molar-refractivity contribution in [1.82, 2.24) is 9.78 Å². The van der Waals surface area contributed by atoms with Gasteiger partial charge in [-0.3, -0.25) is 4.68 Å². The van der Waals surface area contributed by atoms with Crippen molar-refractivity contribution >= 4 is 17.4 Å². The van der Waals surface area contributed by atoms with Crippen LogP contribution in [0.3, 0.4) is 0 Å². The third-order valence-corrected chi connectivity index (χ3v) is 2.45. The second-order valence-electron chi connectivity index (χ2n) is 3.43. The standard InChI is InChI=1S/C11H12ClN3O/c1-15-9(6-11(13)14-15)7-16-10-4-2-8(12)3-5-10/h2-6H,7H2,1H3,(H2,13,14). The molecular weight excluding hydrogens is 226 g/mol. The third kappa shape index (κ3) is 2.46. The molecule has 84 valence electrons. The molecule has 1 aromatic carbocycles. The zero-order chi connectivity index (χ0) is 11.5. The van der Waals surface area contributed by atoms with E-state index in [9.17, 15) is 0 Å². The number of nitrogens with two attached hydrogens (primary N) is 1. The van der Waals surface area contributed by atoms with Crippen molar-refractivity contribution in [1.29, 1.82) is 0 Å². The molecule has 16 heavy (non-hydrogen) atoms. The summed E-state index contributed by atoms with van der Waals surface area (Å²) in [6.45, 7) is 0.433. The fourth-order valence-electron chi connectivity index (χ4n) is 1.35. The van der Waals surface area contributed by atoms with Crippen molar-refractivity contribution in [3.05, 3.63) is 41.0 Å². The Labute approximate surface area is 98.6 Å². The summed E-state index contributed by atoms with van der Waals surface area (Å²) in [7, 11) is 1.83. The van der Waals surface area contributed by atoms with Gasteiger partial charge in [0.15, 0.2) is 0 Å². The van der Waals surface area contributed by atoms with Gasteiger partial charge in [0.05, 0.1) is 5.69 Å². The van der Waals surface area contributed by atoms with E-state index in [4.69, 9.17) is 22.1 Å². The van der Waals surface area contributed by atoms with Crippen LogP contribution in [0.15, 0.2) is 30.3 Å². The number of aromatic nitrogens is 2. The fourth-order valence-corrected chi connectivity index (χ4v) is 1.48. The van der Waals surface area contributed by atoms with Crippen LogP contribution in [0.5, 0.6) is 5.75 Å². The number of ether oxygens (including phenoxy) is 1. The first-order chi connectivity index (χ1) is 7.65. The van der Waals surface area contributed by atoms with Crippen molar-refractivity contribution in [2.45, 2.75) is 6.61 Å². The highest BCUT2D eigenvalue weighted by atomic mass is 35.5. The van der Waals surface area contributed by atoms with Crippen molar-refractivity contribution < 1.29 is 4.74 Å². The van der Waals surface area contributed by atoms with Gasteiger partial charge in [-0.2, -0.15) is 5.10 Å². The predicted octanol–water partition coefficient (Wildman–Crippen LogP) is 2.23. The predicted molar refractivity (Wildman–Crippen MR) is 63.4 cm³/mol. The molecule has 0 spiro atoms. The SMILES string of the molecule is Cn1nc(N)cc1COc1ccc(Cl)cc1. The van der Waals surface area contributed by atoms with Gasteiger partial charge in [-0.05, 0) is 24.3 Å². The Hall–Kier alpha value is -1.68. The molecule has 0 fully saturated rings. The molecule has 0 bridgehead atoms. The number of hydrogen-bond acceptors (Lipinski definition) is 3. The van der Waals surface area contributed by atoms with Crippen molar-refractivity contribution in [3.63, 3.8) is 0 Å². The lowest BCUT2D eigenvalue weighted by Gasteiger charge is -2.05. The summed E-state index contributed by atoms with van der Waals surface area (Å²) in [5.41, 5.74) is 6.49. The maximum atomic E-state index is 5.77. The molecule has 1 heterocycles. The van der Waals surface area contributed by atoms with E-state index >= 15 is 0 Å². The Bertz CT molecular complexity index is 478. The van der Waals surface area contributed by atoms with E-state index in [1.807, 2.05) is 19.2 Å². The van der Waals surface area contributed by atoms with Gasteiger partial charge in [0.2, 0.25) is 0 Å². The molecule has 4 nitrogen and oxygen atoms in total. The molecule has 0 unspecified atom stereocenters. The topological polar surface area (TPSA) is 53.1 Å². The molecule has 2 rings (SSSR count). The van der Waals surface area contributed by atoms with Gasteiger partial charge in [-0.15, -0.1) is 0 Å². The molecule has 0 aliphatic carbocycles. The molecule has 1 aromatic heterocycles. The van der Waals surface area contributed by atoms with Gasteiger partial charge in [0.1, 0.15) is 18.2 Å². The number of anilines is 1. The first-order valence-electron chi connectivity index (χ1n) is 4.82. The lowest BCUT2D eigenvalue weighted by atomic mass is 10.3. The van der Waals surface area contributed by atoms with E-state index in [0.29, 0.717) is 17.4 Å². The van der Waals surface area contributed by atoms with Crippen molar-refractivity contribution in [2.24, 2.45) is 7.05 Å². The Morgan fingerprint density at radius 1 is 1.38 bits per heavy atom. The summed E-state index contributed by atoms with van der Waals surface area (Å²) in [5, 5.41) is 4.72. The van der Waals surface area contributed by atoms with Crippen LogP contribution in [0.2, 0.25) is 5.02 Å². The molecule has 0 saturated heterocycles. The Balaban J connectivity index is 2.02. The minimum absolute atomic E-state index is 0.433. The molecule has 0 radical (unpaired) electrons. The average molecular weight is 238 g/mol. The molecule has 0 aliphatic heterocycles. The Morgan fingerprint density at radius 2 is 2.06 bits per heavy atom. The van der Waals surface area contributed by atoms with Crippen LogP contribution in [-0.2, 0) is 13.7 Å². The summed E-state index contributed by atoms with van der Waals surface area (Å²) < 4.78 is 7.27. The van der Waals surface area contributed by atoms with Crippen molar-refractivity contribution in [3.8, 4) is 5.75 Å². The van der Waals surface area contributed by atoms with E-state index in [1.54, 1.807) is 22.9 Å². The Morgan fingerprint density at radius 3 is 2.62 bits per heavy atom. The van der Waals surface area contributed by atoms with Crippen LogP contribution in [0.1, 0.15) is 5.69 Å². The normalized spacial score (nSPS) is 10.4. The zero-order valence-corrected chi connectivity index (χ0v) is 9.61. The molecule has 5 heteroatoms. The van der Waals surface area contributed by atoms with E-state index in [-0.39, 0.29) is 0 Å². The molecule has 2 N–H and O–H groups in total. The molecule has 0 amide bonds. The molecular formula is C11H12ClN3O. The van der Waals surface area contributed by atoms with Gasteiger partial charge < -0.3 is 10.5 Å². The molecule has 2 aromatic rings. The lowest BCUT2D eigenvalue weighted by molar-refractivity contribution is 0.295. The van der Waals surface area contributed by atoms with Gasteiger partial charge in [-0.1, -0.05) is 11.6 Å². The van der Waals surface area contributed by atoms with E-state index in [0.717, 1.165) is 11.4 Å². The van der Waals surface area contributed by atoms with Crippen LogP contribution in [-0.4, -0.2) is 9.78 Å². The number of benzene rings is 1. The average Bonchev–Trinajstić information content (AvgIpc) is 2.57. The minimum Gasteiger partial charge on any atom is -0.487 e. The summed E-state index contributed by atoms with van der Waals surface area (Å²) in [6.07, 6.45) is 0. The zero-order valence-electron chi connectivity index (χ0n) is 8.85. The van der Waals surface area contributed by atoms with Crippen LogP contribution in [0.4, 0.5) is 5.82 Å². The second-order valence-corrected chi connectivity index (χ2v) is 3.86. The van der Waals surface area contributed by atoms with E-state index in [1.165, 1.54) is 0 Å². The summed E-state index contributed by atoms with van der Waals surface area (Å²) >= 11 is 5.77. The number of aryl methyl sites for hydroxylation is 1. The number of nitrogens with zero attached hydrogens (tertiary/aromatic N) is 2. The van der Waals surface area contributed by atoms with Gasteiger partial charge in [0.25, 0.3) is 0 Å². The summed E-state index contributed by atoms with van der Waals surface area (Å²) in [4.78, 5) is 0. The third-order valence-electron chi connectivity index (χ3n) is 2.20. The summed E-state index contributed by atoms with van der Waals surface area (Å²) in [6, 6.07) is 9.00. The van der Waals surface area contributed by atoms with Crippen LogP contribution >= 0.6 is 11.6 Å². The first kappa shape index (κ1) is 10.8. The molecule has 0 aliphatic rings. The number of nitrogen functional groups attached to an aromatic ring is 1. The minimum atomic E-state index is 0.433. The van der Waals surface area contributed by atoms with Crippen molar-refractivity contribution in [2.75, 3.05) is 5.73 Å². The lowest BCUT2D eigenvalue weighted by Crippen LogP contribution is -2.02. The maximum absolute atomic E-state index is 5.77. The molecule has 0 atom stereocenters. The first-order valence-corrected chi connectivity index (χ1v) is 5.20. The smallest absolute Gasteiger partial charge is 0.145 e. The van der Waals surface area contributed by atoms with Crippen LogP contribution < -0.4 is 10.5 Å². The highest BCUT2D eigenvalue weighted by Crippen LogP contribution is 2.17. The van der Waals surface area contributed by atoms with Gasteiger partial charge >= 0.3 is 0 Å². The highest BCUT2D eigenvalue weighted by molar-refractivity contribution is 6.30. The highest BCUT2D eigenvalue weighted by Gasteiger charge is 2.03. The quantitative estimate of drug-likeness (QED) is 0.891. The number of halogens is 1. The second kappa shape index (κ2) is 4.45. The van der Waals surface area contributed by atoms with Crippen LogP contribution in [0, 0.1) is 0 Å². The van der Waals surface area contributed by atoms with Gasteiger partial charge in [0, 0.05) is 18.1 Å². The monoisotopic (exact) mass is 237 g/mol. The summed E-state index contributed by atoms with van der Waals surface area (Å²) in [5.74, 6) is 1.27. The number of hydrogen-bond donors (Lipinski definition) is 1. The van der Waals surface area contributed by atoms with E-state index < -0.39 is 0 Å². The Kier molecular flexibility index (Phi) is 3.01. The maximum Gasteiger partial charge on any atom is 0.145 e. The molecule has 0 saturated carbocycles.